The van der Waals surface area contributed by atoms with Crippen molar-refractivity contribution in [3.63, 3.8) is 0 Å². The van der Waals surface area contributed by atoms with E-state index in [1.807, 2.05) is 0 Å². The molecule has 0 spiro atoms. The first kappa shape index (κ1) is 14.2. The molecule has 1 saturated heterocycles. The van der Waals surface area contributed by atoms with Gasteiger partial charge in [-0.05, 0) is 47.8 Å². The molecule has 1 nitrogen and oxygen atoms in total. The fourth-order valence-electron chi connectivity index (χ4n) is 5.34. The van der Waals surface area contributed by atoms with Gasteiger partial charge in [0.05, 0.1) is 7.14 Å². The Labute approximate surface area is 119 Å². The summed E-state index contributed by atoms with van der Waals surface area (Å²) < 4.78 is 13.4. The minimum Gasteiger partial charge on any atom is -0.323 e. The van der Waals surface area contributed by atoms with Gasteiger partial charge in [-0.25, -0.2) is 0 Å². The van der Waals surface area contributed by atoms with Gasteiger partial charge in [-0.15, -0.1) is 0 Å². The van der Waals surface area contributed by atoms with Crippen molar-refractivity contribution in [2.75, 3.05) is 12.3 Å². The van der Waals surface area contributed by atoms with E-state index in [1.165, 1.54) is 19.3 Å². The van der Waals surface area contributed by atoms with Crippen LogP contribution < -0.4 is 0 Å². The monoisotopic (exact) mass is 282 g/mol. The van der Waals surface area contributed by atoms with Gasteiger partial charge in [0.1, 0.15) is 0 Å². The zero-order valence-corrected chi connectivity index (χ0v) is 14.5. The van der Waals surface area contributed by atoms with Gasteiger partial charge in [-0.1, -0.05) is 41.5 Å². The summed E-state index contributed by atoms with van der Waals surface area (Å²) in [5.74, 6) is 2.57. The van der Waals surface area contributed by atoms with Crippen LogP contribution in [0.5, 0.6) is 0 Å². The van der Waals surface area contributed by atoms with Crippen molar-refractivity contribution >= 4 is 7.14 Å². The molecular formula is C17H31OP. The van der Waals surface area contributed by atoms with Crippen LogP contribution in [0.25, 0.3) is 0 Å². The SMILES string of the molecule is CC1(C)[C@H]2CC[C@@H](CP3(=O)CC(C)(C)C3(C)C)[C@@H]1C2. The Hall–Kier alpha value is 0.230. The van der Waals surface area contributed by atoms with E-state index in [9.17, 15) is 4.57 Å². The molecule has 0 aromatic carbocycles. The zero-order valence-electron chi connectivity index (χ0n) is 13.6. The Morgan fingerprint density at radius 3 is 2.11 bits per heavy atom. The van der Waals surface area contributed by atoms with Gasteiger partial charge >= 0.3 is 0 Å². The molecule has 4 aliphatic rings. The molecule has 19 heavy (non-hydrogen) atoms. The molecule has 2 bridgehead atoms. The number of fused-ring (bicyclic) bond motifs is 2. The molecule has 4 rings (SSSR count). The minimum atomic E-state index is -1.95. The Balaban J connectivity index is 1.75. The largest absolute Gasteiger partial charge is 0.323 e. The van der Waals surface area contributed by atoms with Crippen LogP contribution in [0.4, 0.5) is 0 Å². The van der Waals surface area contributed by atoms with Crippen LogP contribution in [0.2, 0.25) is 0 Å². The molecule has 0 aromatic heterocycles. The maximum absolute atomic E-state index is 13.4. The van der Waals surface area contributed by atoms with Crippen molar-refractivity contribution in [2.24, 2.45) is 28.6 Å². The van der Waals surface area contributed by atoms with Crippen molar-refractivity contribution in [3.05, 3.63) is 0 Å². The van der Waals surface area contributed by atoms with Crippen molar-refractivity contribution in [1.82, 2.24) is 0 Å². The molecular weight excluding hydrogens is 251 g/mol. The molecule has 1 heterocycles. The van der Waals surface area contributed by atoms with E-state index in [1.54, 1.807) is 0 Å². The van der Waals surface area contributed by atoms with Crippen molar-refractivity contribution in [3.8, 4) is 0 Å². The second kappa shape index (κ2) is 3.70. The van der Waals surface area contributed by atoms with Crippen LogP contribution in [0.15, 0.2) is 0 Å². The van der Waals surface area contributed by atoms with E-state index in [4.69, 9.17) is 0 Å². The summed E-state index contributed by atoms with van der Waals surface area (Å²) in [6.07, 6.45) is 6.18. The normalized spacial score (nSPS) is 49.1. The summed E-state index contributed by atoms with van der Waals surface area (Å²) in [6, 6.07) is 0. The summed E-state index contributed by atoms with van der Waals surface area (Å²) in [5, 5.41) is 0.0603. The molecule has 0 radical (unpaired) electrons. The molecule has 3 aliphatic carbocycles. The maximum Gasteiger partial charge on any atom is 0.0944 e. The van der Waals surface area contributed by atoms with Crippen LogP contribution in [0.1, 0.15) is 60.8 Å². The summed E-state index contributed by atoms with van der Waals surface area (Å²) >= 11 is 0. The highest BCUT2D eigenvalue weighted by molar-refractivity contribution is 7.67. The summed E-state index contributed by atoms with van der Waals surface area (Å²) in [4.78, 5) is 0. The lowest BCUT2D eigenvalue weighted by Gasteiger charge is -2.64. The molecule has 3 saturated carbocycles. The quantitative estimate of drug-likeness (QED) is 0.633. The predicted octanol–water partition coefficient (Wildman–Crippen LogP) is 5.24. The lowest BCUT2D eigenvalue weighted by molar-refractivity contribution is -0.0982. The van der Waals surface area contributed by atoms with Crippen LogP contribution in [-0.4, -0.2) is 17.5 Å². The third-order valence-corrected chi connectivity index (χ3v) is 12.9. The molecule has 4 fully saturated rings. The number of rotatable bonds is 2. The third-order valence-electron chi connectivity index (χ3n) is 7.86. The van der Waals surface area contributed by atoms with E-state index in [-0.39, 0.29) is 10.6 Å². The summed E-state index contributed by atoms with van der Waals surface area (Å²) in [5.41, 5.74) is 0.807. The van der Waals surface area contributed by atoms with Gasteiger partial charge in [0, 0.05) is 17.5 Å². The molecule has 1 aliphatic heterocycles. The van der Waals surface area contributed by atoms with Crippen LogP contribution in [0.3, 0.4) is 0 Å². The van der Waals surface area contributed by atoms with Gasteiger partial charge in [-0.3, -0.25) is 0 Å². The predicted molar refractivity (Wildman–Crippen MR) is 83.3 cm³/mol. The highest BCUT2D eigenvalue weighted by atomic mass is 31.2. The fraction of sp³-hybridized carbons (Fsp3) is 1.00. The second-order valence-corrected chi connectivity index (χ2v) is 12.9. The van der Waals surface area contributed by atoms with Crippen molar-refractivity contribution in [2.45, 2.75) is 66.0 Å². The first-order valence-electron chi connectivity index (χ1n) is 8.09. The third kappa shape index (κ3) is 1.63. The van der Waals surface area contributed by atoms with Gasteiger partial charge < -0.3 is 4.57 Å². The van der Waals surface area contributed by atoms with Gasteiger partial charge in [0.15, 0.2) is 0 Å². The van der Waals surface area contributed by atoms with E-state index in [0.717, 1.165) is 30.1 Å². The topological polar surface area (TPSA) is 17.1 Å². The maximum atomic E-state index is 13.4. The molecule has 0 N–H and O–H groups in total. The minimum absolute atomic E-state index is 0.0603. The van der Waals surface area contributed by atoms with E-state index >= 15 is 0 Å². The zero-order chi connectivity index (χ0) is 14.3. The van der Waals surface area contributed by atoms with Crippen LogP contribution >= 0.6 is 7.14 Å². The Kier molecular flexibility index (Phi) is 2.76. The standard InChI is InChI=1S/C17H31OP/c1-15(2)11-19(18,17(15,5)6)10-12-7-8-13-9-14(12)16(13,3)4/h12-14H,7-11H2,1-6H3/t12-,13-,14-,19?/m0/s1. The van der Waals surface area contributed by atoms with E-state index in [0.29, 0.717) is 5.41 Å². The average molecular weight is 282 g/mol. The number of hydrogen-bond acceptors (Lipinski definition) is 1. The molecule has 2 heteroatoms. The Morgan fingerprint density at radius 2 is 1.68 bits per heavy atom. The first-order chi connectivity index (χ1) is 8.51. The summed E-state index contributed by atoms with van der Waals surface area (Å²) in [7, 11) is -1.95. The van der Waals surface area contributed by atoms with Gasteiger partial charge in [0.2, 0.25) is 0 Å². The Morgan fingerprint density at radius 1 is 1.05 bits per heavy atom. The second-order valence-electron chi connectivity index (χ2n) is 9.37. The molecule has 110 valence electrons. The van der Waals surface area contributed by atoms with E-state index in [2.05, 4.69) is 41.5 Å². The molecule has 1 unspecified atom stereocenters. The van der Waals surface area contributed by atoms with Crippen molar-refractivity contribution in [1.29, 1.82) is 0 Å². The fourth-order valence-corrected chi connectivity index (χ4v) is 10.1. The van der Waals surface area contributed by atoms with Crippen LogP contribution in [0, 0.1) is 28.6 Å². The molecule has 0 amide bonds. The highest BCUT2D eigenvalue weighted by Crippen LogP contribution is 2.78. The van der Waals surface area contributed by atoms with Gasteiger partial charge in [0.25, 0.3) is 0 Å². The number of hydrogen-bond donors (Lipinski definition) is 0. The summed E-state index contributed by atoms with van der Waals surface area (Å²) in [6.45, 7) is 14.0. The van der Waals surface area contributed by atoms with Crippen LogP contribution in [-0.2, 0) is 4.57 Å². The average Bonchev–Trinajstić information content (AvgIpc) is 2.27. The smallest absolute Gasteiger partial charge is 0.0944 e. The lowest BCUT2D eigenvalue weighted by Crippen LogP contribution is -2.57. The van der Waals surface area contributed by atoms with E-state index < -0.39 is 7.14 Å². The Bertz CT molecular complexity index is 444. The first-order valence-corrected chi connectivity index (χ1v) is 10.2. The van der Waals surface area contributed by atoms with Gasteiger partial charge in [-0.2, -0.15) is 0 Å². The van der Waals surface area contributed by atoms with Crippen molar-refractivity contribution < 1.29 is 4.57 Å². The molecule has 0 aromatic rings. The lowest BCUT2D eigenvalue weighted by atomic mass is 9.46. The highest BCUT2D eigenvalue weighted by Gasteiger charge is 2.64. The molecule has 4 atom stereocenters.